The zero-order chi connectivity index (χ0) is 19.9. The first-order chi connectivity index (χ1) is 13.6. The predicted octanol–water partition coefficient (Wildman–Crippen LogP) is 2.56. The van der Waals surface area contributed by atoms with E-state index in [9.17, 15) is 4.79 Å². The number of benzene rings is 1. The molecule has 1 saturated heterocycles. The molecule has 1 N–H and O–H groups in total. The number of carbonyl (C=O) groups excluding carboxylic acids is 1. The first-order valence-electron chi connectivity index (χ1n) is 9.86. The molecule has 0 saturated carbocycles. The lowest BCUT2D eigenvalue weighted by Crippen LogP contribution is -2.41. The maximum atomic E-state index is 12.6. The minimum Gasteiger partial charge on any atom is -0.497 e. The molecule has 7 heteroatoms. The van der Waals surface area contributed by atoms with Crippen LogP contribution in [0, 0.1) is 5.92 Å². The van der Waals surface area contributed by atoms with Crippen molar-refractivity contribution in [2.45, 2.75) is 32.9 Å². The van der Waals surface area contributed by atoms with E-state index in [0.29, 0.717) is 29.5 Å². The van der Waals surface area contributed by atoms with Gasteiger partial charge in [0.15, 0.2) is 0 Å². The number of likely N-dealkylation sites (tertiary alicyclic amines) is 1. The summed E-state index contributed by atoms with van der Waals surface area (Å²) in [5, 5.41) is 3.08. The lowest BCUT2D eigenvalue weighted by molar-refractivity contribution is 0.0929. The maximum Gasteiger partial charge on any atom is 0.251 e. The van der Waals surface area contributed by atoms with Gasteiger partial charge < -0.3 is 19.4 Å². The van der Waals surface area contributed by atoms with Crippen molar-refractivity contribution in [3.8, 4) is 11.5 Å². The van der Waals surface area contributed by atoms with Gasteiger partial charge in [-0.05, 0) is 44.4 Å². The van der Waals surface area contributed by atoms with Crippen LogP contribution in [0.1, 0.15) is 35.9 Å². The average Bonchev–Trinajstić information content (AvgIpc) is 3.18. The highest BCUT2D eigenvalue weighted by Crippen LogP contribution is 2.23. The summed E-state index contributed by atoms with van der Waals surface area (Å²) in [4.78, 5) is 19.5. The smallest absolute Gasteiger partial charge is 0.251 e. The highest BCUT2D eigenvalue weighted by atomic mass is 16.5. The molecule has 1 aromatic heterocycles. The summed E-state index contributed by atoms with van der Waals surface area (Å²) in [5.41, 5.74) is 0.550. The molecule has 1 atom stereocenters. The molecule has 1 aromatic carbocycles. The molecule has 0 radical (unpaired) electrons. The summed E-state index contributed by atoms with van der Waals surface area (Å²) in [5.74, 6) is 2.67. The Hall–Kier alpha value is -2.54. The first kappa shape index (κ1) is 20.2. The van der Waals surface area contributed by atoms with Gasteiger partial charge >= 0.3 is 0 Å². The molecular weight excluding hydrogens is 356 g/mol. The van der Waals surface area contributed by atoms with Gasteiger partial charge in [-0.25, -0.2) is 4.98 Å². The van der Waals surface area contributed by atoms with E-state index in [2.05, 4.69) is 26.7 Å². The second-order valence-electron chi connectivity index (χ2n) is 7.18. The van der Waals surface area contributed by atoms with Crippen LogP contribution in [-0.4, -0.2) is 54.2 Å². The third kappa shape index (κ3) is 5.04. The van der Waals surface area contributed by atoms with Crippen molar-refractivity contribution in [3.05, 3.63) is 42.0 Å². The Morgan fingerprint density at radius 3 is 2.68 bits per heavy atom. The fourth-order valence-corrected chi connectivity index (χ4v) is 3.72. The Morgan fingerprint density at radius 2 is 2.00 bits per heavy atom. The molecule has 1 aliphatic rings. The monoisotopic (exact) mass is 386 g/mol. The topological polar surface area (TPSA) is 68.6 Å². The molecule has 1 aliphatic heterocycles. The summed E-state index contributed by atoms with van der Waals surface area (Å²) in [6.45, 7) is 6.64. The van der Waals surface area contributed by atoms with Crippen LogP contribution in [0.2, 0.25) is 0 Å². The van der Waals surface area contributed by atoms with E-state index in [1.165, 1.54) is 0 Å². The van der Waals surface area contributed by atoms with Crippen molar-refractivity contribution < 1.29 is 14.3 Å². The number of ether oxygens (including phenoxy) is 2. The van der Waals surface area contributed by atoms with Gasteiger partial charge in [0.05, 0.1) is 20.8 Å². The second-order valence-corrected chi connectivity index (χ2v) is 7.18. The molecule has 0 bridgehead atoms. The number of amides is 1. The molecule has 28 heavy (non-hydrogen) atoms. The summed E-state index contributed by atoms with van der Waals surface area (Å²) in [7, 11) is 3.16. The van der Waals surface area contributed by atoms with Crippen molar-refractivity contribution in [1.29, 1.82) is 0 Å². The third-order valence-electron chi connectivity index (χ3n) is 5.28. The zero-order valence-electron chi connectivity index (χ0n) is 17.0. The summed E-state index contributed by atoms with van der Waals surface area (Å²) in [6.07, 6.45) is 6.16. The van der Waals surface area contributed by atoms with Crippen LogP contribution in [0.15, 0.2) is 30.6 Å². The van der Waals surface area contributed by atoms with E-state index >= 15 is 0 Å². The quantitative estimate of drug-likeness (QED) is 0.755. The van der Waals surface area contributed by atoms with Crippen molar-refractivity contribution in [3.63, 3.8) is 0 Å². The Bertz CT molecular complexity index is 767. The van der Waals surface area contributed by atoms with E-state index in [1.807, 2.05) is 12.4 Å². The van der Waals surface area contributed by atoms with Gasteiger partial charge in [0.25, 0.3) is 5.91 Å². The predicted molar refractivity (Wildman–Crippen MR) is 108 cm³/mol. The number of carbonyl (C=O) groups is 1. The normalized spacial score (nSPS) is 17.3. The standard InChI is InChI=1S/C21H30N4O3/c1-4-25-9-7-22-20(25)15-24-8-5-6-16(14-24)13-23-21(26)17-10-18(27-2)12-19(11-17)28-3/h7,9-12,16H,4-6,8,13-15H2,1-3H3,(H,23,26)/t16-/m1/s1. The summed E-state index contributed by atoms with van der Waals surface area (Å²) >= 11 is 0. The molecule has 2 aromatic rings. The van der Waals surface area contributed by atoms with Gasteiger partial charge in [0, 0.05) is 43.7 Å². The zero-order valence-corrected chi connectivity index (χ0v) is 17.0. The molecule has 0 unspecified atom stereocenters. The van der Waals surface area contributed by atoms with E-state index in [4.69, 9.17) is 9.47 Å². The van der Waals surface area contributed by atoms with Crippen molar-refractivity contribution in [2.75, 3.05) is 33.9 Å². The van der Waals surface area contributed by atoms with Crippen molar-refractivity contribution in [2.24, 2.45) is 5.92 Å². The molecule has 7 nitrogen and oxygen atoms in total. The van der Waals surface area contributed by atoms with E-state index < -0.39 is 0 Å². The van der Waals surface area contributed by atoms with Crippen LogP contribution in [0.25, 0.3) is 0 Å². The Morgan fingerprint density at radius 1 is 1.25 bits per heavy atom. The highest BCUT2D eigenvalue weighted by Gasteiger charge is 2.22. The summed E-state index contributed by atoms with van der Waals surface area (Å²) < 4.78 is 12.7. The molecule has 0 aliphatic carbocycles. The van der Waals surface area contributed by atoms with Gasteiger partial charge in [-0.1, -0.05) is 0 Å². The number of nitrogens with one attached hydrogen (secondary N) is 1. The number of rotatable bonds is 8. The second kappa shape index (κ2) is 9.59. The lowest BCUT2D eigenvalue weighted by atomic mass is 9.98. The molecule has 0 spiro atoms. The Labute approximate surface area is 166 Å². The molecule has 2 heterocycles. The number of aryl methyl sites for hydroxylation is 1. The third-order valence-corrected chi connectivity index (χ3v) is 5.28. The number of nitrogens with zero attached hydrogens (tertiary/aromatic N) is 3. The number of piperidine rings is 1. The largest absolute Gasteiger partial charge is 0.497 e. The van der Waals surface area contributed by atoms with Crippen molar-refractivity contribution in [1.82, 2.24) is 19.8 Å². The van der Waals surface area contributed by atoms with Crippen LogP contribution >= 0.6 is 0 Å². The van der Waals surface area contributed by atoms with Crippen molar-refractivity contribution >= 4 is 5.91 Å². The SMILES string of the molecule is CCn1ccnc1CN1CCC[C@H](CNC(=O)c2cc(OC)cc(OC)c2)C1. The molecular formula is C21H30N4O3. The van der Waals surface area contributed by atoms with Gasteiger partial charge in [-0.2, -0.15) is 0 Å². The number of hydrogen-bond acceptors (Lipinski definition) is 5. The maximum absolute atomic E-state index is 12.6. The minimum absolute atomic E-state index is 0.101. The molecule has 1 fully saturated rings. The van der Waals surface area contributed by atoms with Crippen LogP contribution < -0.4 is 14.8 Å². The number of imidazole rings is 1. The molecule has 152 valence electrons. The number of aromatic nitrogens is 2. The van der Waals surface area contributed by atoms with Crippen LogP contribution in [0.3, 0.4) is 0 Å². The van der Waals surface area contributed by atoms with Gasteiger partial charge in [-0.3, -0.25) is 9.69 Å². The number of hydrogen-bond donors (Lipinski definition) is 1. The Kier molecular flexibility index (Phi) is 6.92. The highest BCUT2D eigenvalue weighted by molar-refractivity contribution is 5.95. The van der Waals surface area contributed by atoms with Crippen LogP contribution in [-0.2, 0) is 13.1 Å². The van der Waals surface area contributed by atoms with Gasteiger partial charge in [0.1, 0.15) is 17.3 Å². The molecule has 1 amide bonds. The van der Waals surface area contributed by atoms with E-state index in [-0.39, 0.29) is 5.91 Å². The lowest BCUT2D eigenvalue weighted by Gasteiger charge is -2.32. The fourth-order valence-electron chi connectivity index (χ4n) is 3.72. The summed E-state index contributed by atoms with van der Waals surface area (Å²) in [6, 6.07) is 5.22. The van der Waals surface area contributed by atoms with E-state index in [0.717, 1.165) is 44.8 Å². The average molecular weight is 386 g/mol. The van der Waals surface area contributed by atoms with Crippen LogP contribution in [0.4, 0.5) is 0 Å². The Balaban J connectivity index is 1.55. The van der Waals surface area contributed by atoms with Crippen LogP contribution in [0.5, 0.6) is 11.5 Å². The fraction of sp³-hybridized carbons (Fsp3) is 0.524. The first-order valence-corrected chi connectivity index (χ1v) is 9.86. The molecule has 3 rings (SSSR count). The number of methoxy groups -OCH3 is 2. The minimum atomic E-state index is -0.101. The van der Waals surface area contributed by atoms with E-state index in [1.54, 1.807) is 32.4 Å². The van der Waals surface area contributed by atoms with Gasteiger partial charge in [0.2, 0.25) is 0 Å². The van der Waals surface area contributed by atoms with Gasteiger partial charge in [-0.15, -0.1) is 0 Å².